The lowest BCUT2D eigenvalue weighted by Crippen LogP contribution is -2.28. The number of esters is 2. The first kappa shape index (κ1) is 21.7. The van der Waals surface area contributed by atoms with Gasteiger partial charge in [0.1, 0.15) is 12.4 Å². The molecule has 0 atom stereocenters. The van der Waals surface area contributed by atoms with Gasteiger partial charge in [0.25, 0.3) is 0 Å². The summed E-state index contributed by atoms with van der Waals surface area (Å²) >= 11 is 0. The van der Waals surface area contributed by atoms with Crippen LogP contribution < -0.4 is 10.1 Å². The first-order valence-electron chi connectivity index (χ1n) is 8.78. The summed E-state index contributed by atoms with van der Waals surface area (Å²) in [5, 5.41) is 2.62. The third-order valence-electron chi connectivity index (χ3n) is 4.09. The fourth-order valence-electron chi connectivity index (χ4n) is 2.63. The summed E-state index contributed by atoms with van der Waals surface area (Å²) in [6.07, 6.45) is -0.505. The van der Waals surface area contributed by atoms with Crippen LogP contribution in [0.2, 0.25) is 0 Å². The molecule has 0 bridgehead atoms. The number of nitrogens with one attached hydrogen (secondary N) is 1. The summed E-state index contributed by atoms with van der Waals surface area (Å²) in [7, 11) is 3.96. The Morgan fingerprint density at radius 2 is 1.55 bits per heavy atom. The minimum atomic E-state index is -1.06. The average Bonchev–Trinajstić information content (AvgIpc) is 2.75. The Morgan fingerprint density at radius 1 is 0.897 bits per heavy atom. The van der Waals surface area contributed by atoms with Gasteiger partial charge in [-0.05, 0) is 29.7 Å². The van der Waals surface area contributed by atoms with E-state index < -0.39 is 23.9 Å². The van der Waals surface area contributed by atoms with Crippen LogP contribution in [0, 0.1) is 5.92 Å². The Kier molecular flexibility index (Phi) is 8.02. The number of hydrogen-bond acceptors (Lipinski definition) is 7. The molecule has 0 aliphatic rings. The normalized spacial score (nSPS) is 10.2. The molecule has 0 saturated carbocycles. The summed E-state index contributed by atoms with van der Waals surface area (Å²) < 4.78 is 19.7. The van der Waals surface area contributed by atoms with E-state index in [-0.39, 0.29) is 13.0 Å². The van der Waals surface area contributed by atoms with Gasteiger partial charge in [-0.15, -0.1) is 0 Å². The SMILES string of the molecule is COC(=O)C(Cc1cccc(COC(=O)Nc2cccc(OC)c2)c1)C(=O)OC. The molecule has 154 valence electrons. The third kappa shape index (κ3) is 6.53. The molecule has 2 aromatic carbocycles. The number of anilines is 1. The summed E-state index contributed by atoms with van der Waals surface area (Å²) in [4.78, 5) is 35.7. The predicted molar refractivity (Wildman–Crippen MR) is 104 cm³/mol. The summed E-state index contributed by atoms with van der Waals surface area (Å²) in [5.74, 6) is -1.79. The highest BCUT2D eigenvalue weighted by Gasteiger charge is 2.28. The van der Waals surface area contributed by atoms with Gasteiger partial charge in [0.05, 0.1) is 21.3 Å². The lowest BCUT2D eigenvalue weighted by molar-refractivity contribution is -0.158. The molecular weight excluding hydrogens is 378 g/mol. The summed E-state index contributed by atoms with van der Waals surface area (Å²) in [5.41, 5.74) is 1.96. The van der Waals surface area contributed by atoms with E-state index in [1.165, 1.54) is 21.3 Å². The van der Waals surface area contributed by atoms with Crippen LogP contribution in [0.4, 0.5) is 10.5 Å². The molecule has 8 nitrogen and oxygen atoms in total. The molecule has 0 spiro atoms. The van der Waals surface area contributed by atoms with Crippen LogP contribution in [0.3, 0.4) is 0 Å². The average molecular weight is 401 g/mol. The van der Waals surface area contributed by atoms with Crippen molar-refractivity contribution in [1.29, 1.82) is 0 Å². The molecule has 0 radical (unpaired) electrons. The standard InChI is InChI=1S/C21H23NO7/c1-26-17-9-5-8-16(12-17)22-21(25)29-13-15-7-4-6-14(10-15)11-18(19(23)27-2)20(24)28-3/h4-10,12,18H,11,13H2,1-3H3,(H,22,25). The van der Waals surface area contributed by atoms with Gasteiger partial charge in [-0.25, -0.2) is 4.79 Å². The van der Waals surface area contributed by atoms with Crippen LogP contribution >= 0.6 is 0 Å². The second-order valence-electron chi connectivity index (χ2n) is 6.06. The van der Waals surface area contributed by atoms with Crippen molar-refractivity contribution in [3.05, 3.63) is 59.7 Å². The number of ether oxygens (including phenoxy) is 4. The highest BCUT2D eigenvalue weighted by atomic mass is 16.6. The molecule has 2 aromatic rings. The zero-order valence-electron chi connectivity index (χ0n) is 16.5. The molecule has 0 heterocycles. The fraction of sp³-hybridized carbons (Fsp3) is 0.286. The molecule has 0 aliphatic heterocycles. The molecule has 0 aliphatic carbocycles. The van der Waals surface area contributed by atoms with Crippen LogP contribution in [0.1, 0.15) is 11.1 Å². The third-order valence-corrected chi connectivity index (χ3v) is 4.09. The van der Waals surface area contributed by atoms with Gasteiger partial charge in [0.15, 0.2) is 5.92 Å². The first-order valence-corrected chi connectivity index (χ1v) is 8.78. The van der Waals surface area contributed by atoms with E-state index in [0.717, 1.165) is 0 Å². The maximum atomic E-state index is 12.0. The highest BCUT2D eigenvalue weighted by molar-refractivity contribution is 5.95. The van der Waals surface area contributed by atoms with Crippen molar-refractivity contribution in [2.75, 3.05) is 26.6 Å². The maximum Gasteiger partial charge on any atom is 0.411 e. The topological polar surface area (TPSA) is 100 Å². The second-order valence-corrected chi connectivity index (χ2v) is 6.06. The van der Waals surface area contributed by atoms with Gasteiger partial charge >= 0.3 is 18.0 Å². The number of rotatable bonds is 8. The zero-order valence-corrected chi connectivity index (χ0v) is 16.5. The van der Waals surface area contributed by atoms with Gasteiger partial charge in [0, 0.05) is 11.8 Å². The number of methoxy groups -OCH3 is 3. The largest absolute Gasteiger partial charge is 0.497 e. The van der Waals surface area contributed by atoms with Gasteiger partial charge in [0.2, 0.25) is 0 Å². The lowest BCUT2D eigenvalue weighted by atomic mass is 9.98. The van der Waals surface area contributed by atoms with Crippen molar-refractivity contribution in [2.24, 2.45) is 5.92 Å². The molecule has 2 rings (SSSR count). The first-order chi connectivity index (χ1) is 14.0. The second kappa shape index (κ2) is 10.7. The van der Waals surface area contributed by atoms with Gasteiger partial charge in [-0.3, -0.25) is 14.9 Å². The van der Waals surface area contributed by atoms with Gasteiger partial charge in [-0.1, -0.05) is 30.3 Å². The quantitative estimate of drug-likeness (QED) is 0.412. The van der Waals surface area contributed by atoms with Crippen molar-refractivity contribution in [1.82, 2.24) is 0 Å². The number of carbonyl (C=O) groups excluding carboxylic acids is 3. The summed E-state index contributed by atoms with van der Waals surface area (Å²) in [6.45, 7) is 0.0186. The fourth-order valence-corrected chi connectivity index (χ4v) is 2.63. The zero-order chi connectivity index (χ0) is 21.2. The number of amides is 1. The van der Waals surface area contributed by atoms with E-state index in [0.29, 0.717) is 22.6 Å². The Balaban J connectivity index is 1.97. The Morgan fingerprint density at radius 3 is 2.21 bits per heavy atom. The van der Waals surface area contributed by atoms with E-state index in [9.17, 15) is 14.4 Å². The number of carbonyl (C=O) groups is 3. The van der Waals surface area contributed by atoms with Crippen molar-refractivity contribution >= 4 is 23.7 Å². The van der Waals surface area contributed by atoms with Crippen LogP contribution in [0.15, 0.2) is 48.5 Å². The van der Waals surface area contributed by atoms with E-state index in [1.54, 1.807) is 48.5 Å². The van der Waals surface area contributed by atoms with E-state index in [1.807, 2.05) is 0 Å². The monoisotopic (exact) mass is 401 g/mol. The van der Waals surface area contributed by atoms with Crippen molar-refractivity contribution in [3.8, 4) is 5.75 Å². The minimum Gasteiger partial charge on any atom is -0.497 e. The number of hydrogen-bond donors (Lipinski definition) is 1. The molecule has 0 saturated heterocycles. The highest BCUT2D eigenvalue weighted by Crippen LogP contribution is 2.18. The van der Waals surface area contributed by atoms with Gasteiger partial charge < -0.3 is 18.9 Å². The molecule has 0 unspecified atom stereocenters. The van der Waals surface area contributed by atoms with Gasteiger partial charge in [-0.2, -0.15) is 0 Å². The van der Waals surface area contributed by atoms with Crippen LogP contribution in [0.25, 0.3) is 0 Å². The van der Waals surface area contributed by atoms with Crippen LogP contribution in [0.5, 0.6) is 5.75 Å². The maximum absolute atomic E-state index is 12.0. The Labute approximate surface area is 168 Å². The molecule has 1 N–H and O–H groups in total. The minimum absolute atomic E-state index is 0.0186. The van der Waals surface area contributed by atoms with Crippen molar-refractivity contribution in [2.45, 2.75) is 13.0 Å². The predicted octanol–water partition coefficient (Wildman–Crippen LogP) is 2.95. The van der Waals surface area contributed by atoms with Crippen molar-refractivity contribution < 1.29 is 33.3 Å². The van der Waals surface area contributed by atoms with E-state index >= 15 is 0 Å². The Bertz CT molecular complexity index is 850. The summed E-state index contributed by atoms with van der Waals surface area (Å²) in [6, 6.07) is 13.9. The molecule has 0 aromatic heterocycles. The molecular formula is C21H23NO7. The van der Waals surface area contributed by atoms with Crippen LogP contribution in [-0.2, 0) is 36.8 Å². The molecule has 29 heavy (non-hydrogen) atoms. The molecule has 8 heteroatoms. The van der Waals surface area contributed by atoms with E-state index in [4.69, 9.17) is 9.47 Å². The molecule has 0 fully saturated rings. The smallest absolute Gasteiger partial charge is 0.411 e. The Hall–Kier alpha value is -3.55. The molecule has 1 amide bonds. The lowest BCUT2D eigenvalue weighted by Gasteiger charge is -2.13. The van der Waals surface area contributed by atoms with Crippen molar-refractivity contribution in [3.63, 3.8) is 0 Å². The van der Waals surface area contributed by atoms with Crippen LogP contribution in [-0.4, -0.2) is 39.4 Å². The van der Waals surface area contributed by atoms with E-state index in [2.05, 4.69) is 14.8 Å². The number of benzene rings is 2.